The van der Waals surface area contributed by atoms with Crippen molar-refractivity contribution in [3.63, 3.8) is 0 Å². The summed E-state index contributed by atoms with van der Waals surface area (Å²) in [5.74, 6) is 0. The maximum absolute atomic E-state index is 5.71. The molecule has 0 aliphatic heterocycles. The third kappa shape index (κ3) is 3.47. The van der Waals surface area contributed by atoms with Gasteiger partial charge in [-0.25, -0.2) is 0 Å². The summed E-state index contributed by atoms with van der Waals surface area (Å²) >= 11 is 0. The van der Waals surface area contributed by atoms with E-state index in [1.165, 1.54) is 11.3 Å². The van der Waals surface area contributed by atoms with Gasteiger partial charge >= 0.3 is 0 Å². The molecule has 2 heteroatoms. The monoisotopic (exact) mass is 178 g/mol. The van der Waals surface area contributed by atoms with Crippen LogP contribution in [0.25, 0.3) is 0 Å². The molecule has 0 aromatic heterocycles. The first-order valence-corrected chi connectivity index (χ1v) is 4.80. The van der Waals surface area contributed by atoms with Gasteiger partial charge in [-0.1, -0.05) is 12.1 Å². The van der Waals surface area contributed by atoms with E-state index in [4.69, 9.17) is 5.73 Å². The molecule has 0 bridgehead atoms. The van der Waals surface area contributed by atoms with Gasteiger partial charge < -0.3 is 11.1 Å². The summed E-state index contributed by atoms with van der Waals surface area (Å²) in [7, 11) is 0. The Labute approximate surface area is 80.1 Å². The summed E-state index contributed by atoms with van der Waals surface area (Å²) in [5.41, 5.74) is 8.18. The van der Waals surface area contributed by atoms with Gasteiger partial charge in [0.25, 0.3) is 0 Å². The minimum Gasteiger partial charge on any atom is -0.385 e. The molecule has 13 heavy (non-hydrogen) atoms. The second-order valence-electron chi connectivity index (χ2n) is 3.41. The fraction of sp³-hybridized carbons (Fsp3) is 0.455. The van der Waals surface area contributed by atoms with Crippen LogP contribution in [0.4, 0.5) is 5.69 Å². The normalized spacial score (nSPS) is 12.5. The topological polar surface area (TPSA) is 38.0 Å². The number of hydrogen-bond acceptors (Lipinski definition) is 2. The molecule has 0 radical (unpaired) electrons. The van der Waals surface area contributed by atoms with E-state index in [1.54, 1.807) is 0 Å². The van der Waals surface area contributed by atoms with Gasteiger partial charge in [0.2, 0.25) is 0 Å². The van der Waals surface area contributed by atoms with E-state index in [0.717, 1.165) is 13.0 Å². The smallest absolute Gasteiger partial charge is 0.0340 e. The van der Waals surface area contributed by atoms with Crippen molar-refractivity contribution in [2.75, 3.05) is 11.9 Å². The Kier molecular flexibility index (Phi) is 3.77. The Morgan fingerprint density at radius 2 is 1.92 bits per heavy atom. The van der Waals surface area contributed by atoms with Crippen molar-refractivity contribution in [2.24, 2.45) is 5.73 Å². The molecule has 0 aliphatic rings. The molecule has 1 atom stereocenters. The Balaban J connectivity index is 2.59. The van der Waals surface area contributed by atoms with Crippen molar-refractivity contribution in [1.82, 2.24) is 0 Å². The van der Waals surface area contributed by atoms with Gasteiger partial charge in [0.15, 0.2) is 0 Å². The van der Waals surface area contributed by atoms with Crippen LogP contribution in [0, 0.1) is 0 Å². The maximum atomic E-state index is 5.71. The van der Waals surface area contributed by atoms with Crippen LogP contribution in [0.3, 0.4) is 0 Å². The van der Waals surface area contributed by atoms with Crippen LogP contribution in [0.5, 0.6) is 0 Å². The van der Waals surface area contributed by atoms with Gasteiger partial charge in [-0.3, -0.25) is 0 Å². The summed E-state index contributed by atoms with van der Waals surface area (Å²) in [6, 6.07) is 8.69. The maximum Gasteiger partial charge on any atom is 0.0340 e. The van der Waals surface area contributed by atoms with Crippen molar-refractivity contribution in [3.8, 4) is 0 Å². The van der Waals surface area contributed by atoms with Crippen molar-refractivity contribution in [3.05, 3.63) is 29.8 Å². The van der Waals surface area contributed by atoms with Crippen LogP contribution >= 0.6 is 0 Å². The van der Waals surface area contributed by atoms with Crippen molar-refractivity contribution < 1.29 is 0 Å². The Morgan fingerprint density at radius 3 is 2.38 bits per heavy atom. The lowest BCUT2D eigenvalue weighted by Crippen LogP contribution is -2.17. The third-order valence-corrected chi connectivity index (χ3v) is 1.89. The molecular weight excluding hydrogens is 160 g/mol. The predicted molar refractivity (Wildman–Crippen MR) is 58.0 cm³/mol. The van der Waals surface area contributed by atoms with Crippen LogP contribution in [-0.2, 0) is 6.42 Å². The molecule has 1 rings (SSSR count). The molecular formula is C11H18N2. The van der Waals surface area contributed by atoms with Gasteiger partial charge in [0.1, 0.15) is 0 Å². The quantitative estimate of drug-likeness (QED) is 0.740. The van der Waals surface area contributed by atoms with E-state index in [1.807, 2.05) is 6.92 Å². The average Bonchev–Trinajstić information content (AvgIpc) is 2.08. The van der Waals surface area contributed by atoms with Gasteiger partial charge in [0, 0.05) is 18.3 Å². The number of nitrogens with one attached hydrogen (secondary N) is 1. The van der Waals surface area contributed by atoms with Gasteiger partial charge in [0.05, 0.1) is 0 Å². The molecule has 0 spiro atoms. The van der Waals surface area contributed by atoms with Crippen LogP contribution in [0.2, 0.25) is 0 Å². The molecule has 1 unspecified atom stereocenters. The fourth-order valence-electron chi connectivity index (χ4n) is 1.33. The first-order chi connectivity index (χ1) is 6.22. The lowest BCUT2D eigenvalue weighted by atomic mass is 10.1. The number of hydrogen-bond donors (Lipinski definition) is 2. The standard InChI is InChI=1S/C11H18N2/c1-3-13-11-6-4-10(5-7-11)8-9(2)12/h4-7,9,13H,3,8,12H2,1-2H3. The second kappa shape index (κ2) is 4.87. The largest absolute Gasteiger partial charge is 0.385 e. The van der Waals surface area contributed by atoms with E-state index in [-0.39, 0.29) is 6.04 Å². The van der Waals surface area contributed by atoms with E-state index in [0.29, 0.717) is 0 Å². The lowest BCUT2D eigenvalue weighted by Gasteiger charge is -2.07. The summed E-state index contributed by atoms with van der Waals surface area (Å²) in [6.45, 7) is 5.08. The van der Waals surface area contributed by atoms with Gasteiger partial charge in [-0.2, -0.15) is 0 Å². The molecule has 0 heterocycles. The van der Waals surface area contributed by atoms with Crippen molar-refractivity contribution >= 4 is 5.69 Å². The Morgan fingerprint density at radius 1 is 1.31 bits per heavy atom. The minimum absolute atomic E-state index is 0.241. The highest BCUT2D eigenvalue weighted by atomic mass is 14.8. The first kappa shape index (κ1) is 10.1. The average molecular weight is 178 g/mol. The summed E-state index contributed by atoms with van der Waals surface area (Å²) in [4.78, 5) is 0. The zero-order chi connectivity index (χ0) is 9.68. The van der Waals surface area contributed by atoms with E-state index in [9.17, 15) is 0 Å². The van der Waals surface area contributed by atoms with Crippen molar-refractivity contribution in [2.45, 2.75) is 26.3 Å². The van der Waals surface area contributed by atoms with E-state index < -0.39 is 0 Å². The molecule has 3 N–H and O–H groups in total. The predicted octanol–water partition coefficient (Wildman–Crippen LogP) is 2.01. The molecule has 1 aromatic rings. The van der Waals surface area contributed by atoms with Crippen LogP contribution in [0.15, 0.2) is 24.3 Å². The number of benzene rings is 1. The zero-order valence-electron chi connectivity index (χ0n) is 8.38. The number of rotatable bonds is 4. The highest BCUT2D eigenvalue weighted by Crippen LogP contribution is 2.10. The second-order valence-corrected chi connectivity index (χ2v) is 3.41. The Hall–Kier alpha value is -1.02. The van der Waals surface area contributed by atoms with E-state index in [2.05, 4.69) is 36.5 Å². The summed E-state index contributed by atoms with van der Waals surface area (Å²) < 4.78 is 0. The highest BCUT2D eigenvalue weighted by Gasteiger charge is 1.97. The van der Waals surface area contributed by atoms with Crippen LogP contribution in [-0.4, -0.2) is 12.6 Å². The van der Waals surface area contributed by atoms with Crippen LogP contribution in [0.1, 0.15) is 19.4 Å². The third-order valence-electron chi connectivity index (χ3n) is 1.89. The van der Waals surface area contributed by atoms with Crippen molar-refractivity contribution in [1.29, 1.82) is 0 Å². The van der Waals surface area contributed by atoms with E-state index >= 15 is 0 Å². The summed E-state index contributed by atoms with van der Waals surface area (Å²) in [6.07, 6.45) is 0.951. The zero-order valence-corrected chi connectivity index (χ0v) is 8.38. The molecule has 0 saturated carbocycles. The molecule has 1 aromatic carbocycles. The summed E-state index contributed by atoms with van der Waals surface area (Å²) in [5, 5.41) is 3.26. The lowest BCUT2D eigenvalue weighted by molar-refractivity contribution is 0.738. The van der Waals surface area contributed by atoms with Crippen LogP contribution < -0.4 is 11.1 Å². The molecule has 0 fully saturated rings. The molecule has 0 amide bonds. The highest BCUT2D eigenvalue weighted by molar-refractivity contribution is 5.44. The molecule has 72 valence electrons. The molecule has 2 nitrogen and oxygen atoms in total. The Bertz CT molecular complexity index is 239. The van der Waals surface area contributed by atoms with Gasteiger partial charge in [-0.15, -0.1) is 0 Å². The molecule has 0 aliphatic carbocycles. The number of anilines is 1. The first-order valence-electron chi connectivity index (χ1n) is 4.80. The molecule has 0 saturated heterocycles. The minimum atomic E-state index is 0.241. The SMILES string of the molecule is CCNc1ccc(CC(C)N)cc1. The fourth-order valence-corrected chi connectivity index (χ4v) is 1.33. The number of nitrogens with two attached hydrogens (primary N) is 1. The van der Waals surface area contributed by atoms with Gasteiger partial charge in [-0.05, 0) is 38.0 Å².